The number of hydrogen-bond donors (Lipinski definition) is 1. The topological polar surface area (TPSA) is 82.6 Å². The van der Waals surface area contributed by atoms with Gasteiger partial charge in [0.2, 0.25) is 10.0 Å². The van der Waals surface area contributed by atoms with Crippen LogP contribution in [-0.4, -0.2) is 49.8 Å². The standard InChI is InChI=1S/C21H28N4O3S/c1-3-24(4-2)20-9-8-18(29(27,28)25-14-6-5-7-15-25)16-19(20)23-21(26)17-10-12-22-13-11-17/h8-13,16H,3-7,14-15H2,1-2H3,(H,23,26). The molecule has 0 aliphatic carbocycles. The number of anilines is 2. The number of carbonyl (C=O) groups excluding carboxylic acids is 1. The zero-order chi connectivity index (χ0) is 20.9. The van der Waals surface area contributed by atoms with Gasteiger partial charge in [-0.15, -0.1) is 0 Å². The summed E-state index contributed by atoms with van der Waals surface area (Å²) in [5.74, 6) is -0.298. The van der Waals surface area contributed by atoms with Crippen molar-refractivity contribution in [1.82, 2.24) is 9.29 Å². The molecule has 1 amide bonds. The Balaban J connectivity index is 1.98. The maximum Gasteiger partial charge on any atom is 0.255 e. The summed E-state index contributed by atoms with van der Waals surface area (Å²) in [6.07, 6.45) is 5.92. The fourth-order valence-corrected chi connectivity index (χ4v) is 5.11. The molecule has 1 aromatic carbocycles. The molecule has 0 atom stereocenters. The first-order chi connectivity index (χ1) is 14.0. The van der Waals surface area contributed by atoms with Crippen molar-refractivity contribution in [3.8, 4) is 0 Å². The highest BCUT2D eigenvalue weighted by Crippen LogP contribution is 2.31. The molecule has 3 rings (SSSR count). The van der Waals surface area contributed by atoms with E-state index < -0.39 is 10.0 Å². The average Bonchev–Trinajstić information content (AvgIpc) is 2.76. The summed E-state index contributed by atoms with van der Waals surface area (Å²) in [7, 11) is -3.59. The molecule has 8 heteroatoms. The van der Waals surface area contributed by atoms with Gasteiger partial charge in [-0.25, -0.2) is 8.42 Å². The Labute approximate surface area is 172 Å². The van der Waals surface area contributed by atoms with Crippen molar-refractivity contribution in [2.24, 2.45) is 0 Å². The van der Waals surface area contributed by atoms with Gasteiger partial charge in [0, 0.05) is 44.1 Å². The Morgan fingerprint density at radius 2 is 1.72 bits per heavy atom. The van der Waals surface area contributed by atoms with Crippen LogP contribution in [0.4, 0.5) is 11.4 Å². The zero-order valence-corrected chi connectivity index (χ0v) is 17.8. The lowest BCUT2D eigenvalue weighted by atomic mass is 10.2. The van der Waals surface area contributed by atoms with Crippen LogP contribution < -0.4 is 10.2 Å². The molecule has 1 aliphatic heterocycles. The van der Waals surface area contributed by atoms with Crippen LogP contribution in [0.15, 0.2) is 47.6 Å². The van der Waals surface area contributed by atoms with E-state index in [1.807, 2.05) is 13.8 Å². The third-order valence-corrected chi connectivity index (χ3v) is 7.11. The van der Waals surface area contributed by atoms with Crippen LogP contribution in [0.1, 0.15) is 43.5 Å². The molecular formula is C21H28N4O3S. The first-order valence-electron chi connectivity index (χ1n) is 10.1. The molecule has 1 saturated heterocycles. The minimum Gasteiger partial charge on any atom is -0.370 e. The SMILES string of the molecule is CCN(CC)c1ccc(S(=O)(=O)N2CCCCC2)cc1NC(=O)c1ccncc1. The first-order valence-corrected chi connectivity index (χ1v) is 11.5. The smallest absolute Gasteiger partial charge is 0.255 e. The number of pyridine rings is 1. The first kappa shape index (κ1) is 21.3. The van der Waals surface area contributed by atoms with Crippen molar-refractivity contribution in [2.45, 2.75) is 38.0 Å². The molecule has 1 N–H and O–H groups in total. The third-order valence-electron chi connectivity index (χ3n) is 5.22. The molecule has 0 radical (unpaired) electrons. The number of piperidine rings is 1. The van der Waals surface area contributed by atoms with Crippen LogP contribution in [0.3, 0.4) is 0 Å². The van der Waals surface area contributed by atoms with Gasteiger partial charge < -0.3 is 10.2 Å². The van der Waals surface area contributed by atoms with Gasteiger partial charge in [-0.3, -0.25) is 9.78 Å². The number of benzene rings is 1. The van der Waals surface area contributed by atoms with Gasteiger partial charge in [0.1, 0.15) is 0 Å². The van der Waals surface area contributed by atoms with Crippen LogP contribution in [-0.2, 0) is 10.0 Å². The van der Waals surface area contributed by atoms with E-state index in [1.165, 1.54) is 4.31 Å². The Hall–Kier alpha value is -2.45. The van der Waals surface area contributed by atoms with Crippen LogP contribution >= 0.6 is 0 Å². The van der Waals surface area contributed by atoms with E-state index in [9.17, 15) is 13.2 Å². The van der Waals surface area contributed by atoms with Gasteiger partial charge in [0.15, 0.2) is 0 Å². The highest BCUT2D eigenvalue weighted by Gasteiger charge is 2.27. The zero-order valence-electron chi connectivity index (χ0n) is 17.0. The van der Waals surface area contributed by atoms with Crippen LogP contribution in [0.5, 0.6) is 0 Å². The molecule has 29 heavy (non-hydrogen) atoms. The van der Waals surface area contributed by atoms with Gasteiger partial charge >= 0.3 is 0 Å². The van der Waals surface area contributed by atoms with E-state index >= 15 is 0 Å². The number of nitrogens with zero attached hydrogens (tertiary/aromatic N) is 3. The number of amides is 1. The van der Waals surface area contributed by atoms with E-state index in [-0.39, 0.29) is 10.8 Å². The second-order valence-electron chi connectivity index (χ2n) is 7.01. The van der Waals surface area contributed by atoms with E-state index in [0.29, 0.717) is 24.3 Å². The van der Waals surface area contributed by atoms with Crippen molar-refractivity contribution < 1.29 is 13.2 Å². The van der Waals surface area contributed by atoms with Crippen molar-refractivity contribution >= 4 is 27.3 Å². The number of rotatable bonds is 7. The number of nitrogens with one attached hydrogen (secondary N) is 1. The van der Waals surface area contributed by atoms with Crippen molar-refractivity contribution in [3.05, 3.63) is 48.3 Å². The number of aromatic nitrogens is 1. The molecule has 1 aliphatic rings. The monoisotopic (exact) mass is 416 g/mol. The highest BCUT2D eigenvalue weighted by molar-refractivity contribution is 7.89. The molecule has 2 heterocycles. The minimum atomic E-state index is -3.59. The van der Waals surface area contributed by atoms with Gasteiger partial charge in [0.05, 0.1) is 16.3 Å². The number of sulfonamides is 1. The van der Waals surface area contributed by atoms with Gasteiger partial charge in [0.25, 0.3) is 5.91 Å². The van der Waals surface area contributed by atoms with Crippen molar-refractivity contribution in [3.63, 3.8) is 0 Å². The van der Waals surface area contributed by atoms with Gasteiger partial charge in [-0.2, -0.15) is 4.31 Å². The third kappa shape index (κ3) is 4.76. The average molecular weight is 417 g/mol. The number of carbonyl (C=O) groups is 1. The molecule has 1 fully saturated rings. The molecule has 1 aromatic heterocycles. The molecule has 7 nitrogen and oxygen atoms in total. The van der Waals surface area contributed by atoms with Gasteiger partial charge in [-0.05, 0) is 57.0 Å². The summed E-state index contributed by atoms with van der Waals surface area (Å²) in [5.41, 5.74) is 1.76. The second-order valence-corrected chi connectivity index (χ2v) is 8.94. The molecule has 0 spiro atoms. The molecule has 156 valence electrons. The van der Waals surface area contributed by atoms with Crippen LogP contribution in [0, 0.1) is 0 Å². The Morgan fingerprint density at radius 1 is 1.07 bits per heavy atom. The summed E-state index contributed by atoms with van der Waals surface area (Å²) in [6.45, 7) is 6.62. The van der Waals surface area contributed by atoms with E-state index in [4.69, 9.17) is 0 Å². The summed E-state index contributed by atoms with van der Waals surface area (Å²) < 4.78 is 27.8. The predicted octanol–water partition coefficient (Wildman–Crippen LogP) is 3.35. The van der Waals surface area contributed by atoms with Gasteiger partial charge in [-0.1, -0.05) is 6.42 Å². The maximum atomic E-state index is 13.1. The highest BCUT2D eigenvalue weighted by atomic mass is 32.2. The lowest BCUT2D eigenvalue weighted by molar-refractivity contribution is 0.102. The Kier molecular flexibility index (Phi) is 6.87. The van der Waals surface area contributed by atoms with E-state index in [2.05, 4.69) is 15.2 Å². The summed E-state index contributed by atoms with van der Waals surface area (Å²) in [5, 5.41) is 2.90. The molecular weight excluding hydrogens is 388 g/mol. The summed E-state index contributed by atoms with van der Waals surface area (Å²) >= 11 is 0. The molecule has 0 bridgehead atoms. The van der Waals surface area contributed by atoms with E-state index in [0.717, 1.165) is 38.0 Å². The molecule has 0 unspecified atom stereocenters. The lowest BCUT2D eigenvalue weighted by Crippen LogP contribution is -2.35. The fourth-order valence-electron chi connectivity index (χ4n) is 3.57. The summed E-state index contributed by atoms with van der Waals surface area (Å²) in [4.78, 5) is 18.9. The van der Waals surface area contributed by atoms with Crippen molar-refractivity contribution in [2.75, 3.05) is 36.4 Å². The van der Waals surface area contributed by atoms with Crippen molar-refractivity contribution in [1.29, 1.82) is 0 Å². The Morgan fingerprint density at radius 3 is 2.34 bits per heavy atom. The van der Waals surface area contributed by atoms with Crippen LogP contribution in [0.2, 0.25) is 0 Å². The van der Waals surface area contributed by atoms with E-state index in [1.54, 1.807) is 42.7 Å². The lowest BCUT2D eigenvalue weighted by Gasteiger charge is -2.28. The quantitative estimate of drug-likeness (QED) is 0.748. The predicted molar refractivity (Wildman–Crippen MR) is 115 cm³/mol. The number of hydrogen-bond acceptors (Lipinski definition) is 5. The maximum absolute atomic E-state index is 13.1. The molecule has 2 aromatic rings. The molecule has 0 saturated carbocycles. The second kappa shape index (κ2) is 9.37. The minimum absolute atomic E-state index is 0.209. The normalized spacial score (nSPS) is 15.1. The van der Waals surface area contributed by atoms with Crippen LogP contribution in [0.25, 0.3) is 0 Å². The summed E-state index contributed by atoms with van der Waals surface area (Å²) in [6, 6.07) is 8.25. The fraction of sp³-hybridized carbons (Fsp3) is 0.429. The Bertz CT molecular complexity index is 938. The largest absolute Gasteiger partial charge is 0.370 e.